The van der Waals surface area contributed by atoms with E-state index in [1.807, 2.05) is 30.3 Å². The van der Waals surface area contributed by atoms with Gasteiger partial charge in [-0.3, -0.25) is 9.59 Å². The first-order valence-corrected chi connectivity index (χ1v) is 8.10. The standard InChI is InChI=1S/C18H25NO3/c1-13-8-6-7-11-16(13)19-18(21)14(2)22-17(20)12-15-9-4-3-5-10-15/h3-5,9-10,13-14,16H,6-8,11-12H2,1-2H3,(H,19,21). The molecule has 0 saturated heterocycles. The van der Waals surface area contributed by atoms with Crippen molar-refractivity contribution in [1.82, 2.24) is 5.32 Å². The molecule has 4 nitrogen and oxygen atoms in total. The molecule has 1 amide bonds. The Bertz CT molecular complexity index is 500. The fourth-order valence-electron chi connectivity index (χ4n) is 2.89. The van der Waals surface area contributed by atoms with Gasteiger partial charge in [-0.25, -0.2) is 0 Å². The molecule has 2 rings (SSSR count). The van der Waals surface area contributed by atoms with Crippen molar-refractivity contribution < 1.29 is 14.3 Å². The van der Waals surface area contributed by atoms with Crippen LogP contribution in [0.2, 0.25) is 0 Å². The second-order valence-electron chi connectivity index (χ2n) is 6.17. The summed E-state index contributed by atoms with van der Waals surface area (Å²) < 4.78 is 5.24. The minimum absolute atomic E-state index is 0.193. The first kappa shape index (κ1) is 16.5. The molecule has 1 N–H and O–H groups in total. The molecule has 1 fully saturated rings. The lowest BCUT2D eigenvalue weighted by atomic mass is 9.86. The van der Waals surface area contributed by atoms with Crippen LogP contribution in [0.1, 0.15) is 45.1 Å². The second kappa shape index (κ2) is 7.97. The molecular weight excluding hydrogens is 278 g/mol. The number of carbonyl (C=O) groups excluding carboxylic acids is 2. The quantitative estimate of drug-likeness (QED) is 0.851. The first-order chi connectivity index (χ1) is 10.6. The molecule has 3 unspecified atom stereocenters. The Labute approximate surface area is 132 Å². The third kappa shape index (κ3) is 4.86. The molecule has 0 spiro atoms. The molecule has 1 aromatic rings. The normalized spacial score (nSPS) is 22.6. The molecule has 1 aliphatic carbocycles. The smallest absolute Gasteiger partial charge is 0.311 e. The number of hydrogen-bond donors (Lipinski definition) is 1. The summed E-state index contributed by atoms with van der Waals surface area (Å²) in [5.74, 6) is -0.0735. The van der Waals surface area contributed by atoms with E-state index in [-0.39, 0.29) is 24.3 Å². The first-order valence-electron chi connectivity index (χ1n) is 8.10. The van der Waals surface area contributed by atoms with Crippen LogP contribution in [0.3, 0.4) is 0 Å². The lowest BCUT2D eigenvalue weighted by Crippen LogP contribution is -2.46. The molecule has 1 saturated carbocycles. The number of benzene rings is 1. The Kier molecular flexibility index (Phi) is 5.99. The number of esters is 1. The maximum atomic E-state index is 12.2. The van der Waals surface area contributed by atoms with Gasteiger partial charge < -0.3 is 10.1 Å². The topological polar surface area (TPSA) is 55.4 Å². The van der Waals surface area contributed by atoms with E-state index < -0.39 is 6.10 Å². The average molecular weight is 303 g/mol. The maximum Gasteiger partial charge on any atom is 0.311 e. The van der Waals surface area contributed by atoms with Gasteiger partial charge >= 0.3 is 5.97 Å². The summed E-state index contributed by atoms with van der Waals surface area (Å²) in [5, 5.41) is 3.02. The van der Waals surface area contributed by atoms with E-state index in [0.717, 1.165) is 24.8 Å². The molecule has 0 radical (unpaired) electrons. The van der Waals surface area contributed by atoms with Crippen molar-refractivity contribution in [2.24, 2.45) is 5.92 Å². The van der Waals surface area contributed by atoms with Crippen molar-refractivity contribution in [2.75, 3.05) is 0 Å². The zero-order chi connectivity index (χ0) is 15.9. The van der Waals surface area contributed by atoms with E-state index >= 15 is 0 Å². The number of ether oxygens (including phenoxy) is 1. The minimum Gasteiger partial charge on any atom is -0.452 e. The summed E-state index contributed by atoms with van der Waals surface area (Å²) in [6.45, 7) is 3.79. The third-order valence-corrected chi connectivity index (χ3v) is 4.31. The zero-order valence-corrected chi connectivity index (χ0v) is 13.4. The van der Waals surface area contributed by atoms with Crippen LogP contribution in [-0.4, -0.2) is 24.0 Å². The molecule has 1 aromatic carbocycles. The highest BCUT2D eigenvalue weighted by atomic mass is 16.5. The Morgan fingerprint density at radius 3 is 2.59 bits per heavy atom. The summed E-state index contributed by atoms with van der Waals surface area (Å²) in [6, 6.07) is 9.60. The van der Waals surface area contributed by atoms with Gasteiger partial charge in [0.25, 0.3) is 5.91 Å². The van der Waals surface area contributed by atoms with E-state index in [2.05, 4.69) is 12.2 Å². The van der Waals surface area contributed by atoms with Crippen LogP contribution >= 0.6 is 0 Å². The van der Waals surface area contributed by atoms with Gasteiger partial charge in [-0.1, -0.05) is 50.1 Å². The van der Waals surface area contributed by atoms with Crippen LogP contribution in [0, 0.1) is 5.92 Å². The van der Waals surface area contributed by atoms with Gasteiger partial charge in [0.2, 0.25) is 0 Å². The van der Waals surface area contributed by atoms with Gasteiger partial charge in [-0.2, -0.15) is 0 Å². The Hall–Kier alpha value is -1.84. The summed E-state index contributed by atoms with van der Waals surface area (Å²) in [5.41, 5.74) is 0.890. The van der Waals surface area contributed by atoms with Crippen molar-refractivity contribution in [2.45, 2.75) is 58.1 Å². The SMILES string of the molecule is CC(OC(=O)Cc1ccccc1)C(=O)NC1CCCCC1C. The van der Waals surface area contributed by atoms with Gasteiger partial charge in [0, 0.05) is 6.04 Å². The lowest BCUT2D eigenvalue weighted by Gasteiger charge is -2.30. The number of amides is 1. The van der Waals surface area contributed by atoms with Crippen LogP contribution in [0.15, 0.2) is 30.3 Å². The van der Waals surface area contributed by atoms with E-state index in [9.17, 15) is 9.59 Å². The van der Waals surface area contributed by atoms with Crippen LogP contribution in [0.25, 0.3) is 0 Å². The monoisotopic (exact) mass is 303 g/mol. The van der Waals surface area contributed by atoms with E-state index in [4.69, 9.17) is 4.74 Å². The van der Waals surface area contributed by atoms with Crippen molar-refractivity contribution in [3.05, 3.63) is 35.9 Å². The molecule has 1 aliphatic rings. The van der Waals surface area contributed by atoms with Crippen LogP contribution in [-0.2, 0) is 20.7 Å². The summed E-state index contributed by atoms with van der Waals surface area (Å²) in [7, 11) is 0. The molecule has 120 valence electrons. The Morgan fingerprint density at radius 2 is 1.91 bits per heavy atom. The third-order valence-electron chi connectivity index (χ3n) is 4.31. The summed E-state index contributed by atoms with van der Waals surface area (Å²) in [4.78, 5) is 24.0. The Morgan fingerprint density at radius 1 is 1.23 bits per heavy atom. The van der Waals surface area contributed by atoms with E-state index in [1.165, 1.54) is 6.42 Å². The highest BCUT2D eigenvalue weighted by molar-refractivity contribution is 5.84. The van der Waals surface area contributed by atoms with E-state index in [0.29, 0.717) is 5.92 Å². The second-order valence-corrected chi connectivity index (χ2v) is 6.17. The van der Waals surface area contributed by atoms with Gasteiger partial charge in [0.1, 0.15) is 0 Å². The molecule has 0 heterocycles. The molecule has 4 heteroatoms. The molecule has 0 aromatic heterocycles. The molecule has 0 aliphatic heterocycles. The molecular formula is C18H25NO3. The van der Waals surface area contributed by atoms with Crippen molar-refractivity contribution in [3.8, 4) is 0 Å². The number of rotatable bonds is 5. The van der Waals surface area contributed by atoms with Crippen molar-refractivity contribution in [3.63, 3.8) is 0 Å². The summed E-state index contributed by atoms with van der Waals surface area (Å²) in [6.07, 6.45) is 3.99. The number of hydrogen-bond acceptors (Lipinski definition) is 3. The van der Waals surface area contributed by atoms with Crippen LogP contribution in [0.4, 0.5) is 0 Å². The van der Waals surface area contributed by atoms with Gasteiger partial charge in [0.15, 0.2) is 6.10 Å². The molecule has 0 bridgehead atoms. The highest BCUT2D eigenvalue weighted by Gasteiger charge is 2.26. The predicted molar refractivity (Wildman–Crippen MR) is 85.3 cm³/mol. The summed E-state index contributed by atoms with van der Waals surface area (Å²) >= 11 is 0. The minimum atomic E-state index is -0.745. The van der Waals surface area contributed by atoms with Gasteiger partial charge in [-0.15, -0.1) is 0 Å². The lowest BCUT2D eigenvalue weighted by molar-refractivity contribution is -0.154. The Balaban J connectivity index is 1.79. The van der Waals surface area contributed by atoms with Crippen molar-refractivity contribution >= 4 is 11.9 Å². The number of nitrogens with one attached hydrogen (secondary N) is 1. The fraction of sp³-hybridized carbons (Fsp3) is 0.556. The molecule has 22 heavy (non-hydrogen) atoms. The van der Waals surface area contributed by atoms with E-state index in [1.54, 1.807) is 6.92 Å². The molecule has 3 atom stereocenters. The maximum absolute atomic E-state index is 12.2. The number of carbonyl (C=O) groups is 2. The fourth-order valence-corrected chi connectivity index (χ4v) is 2.89. The van der Waals surface area contributed by atoms with Crippen molar-refractivity contribution in [1.29, 1.82) is 0 Å². The van der Waals surface area contributed by atoms with Gasteiger partial charge in [0.05, 0.1) is 6.42 Å². The average Bonchev–Trinajstić information content (AvgIpc) is 2.50. The van der Waals surface area contributed by atoms with Crippen LogP contribution in [0.5, 0.6) is 0 Å². The largest absolute Gasteiger partial charge is 0.452 e. The zero-order valence-electron chi connectivity index (χ0n) is 13.4. The highest BCUT2D eigenvalue weighted by Crippen LogP contribution is 2.23. The van der Waals surface area contributed by atoms with Crippen LogP contribution < -0.4 is 5.32 Å². The predicted octanol–water partition coefficient (Wildman–Crippen LogP) is 2.86. The van der Waals surface area contributed by atoms with Gasteiger partial charge in [-0.05, 0) is 31.2 Å².